The van der Waals surface area contributed by atoms with Crippen LogP contribution in [0, 0.1) is 0 Å². The van der Waals surface area contributed by atoms with E-state index < -0.39 is 0 Å². The van der Waals surface area contributed by atoms with Crippen molar-refractivity contribution in [2.45, 2.75) is 0 Å². The van der Waals surface area contributed by atoms with E-state index in [4.69, 9.17) is 9.47 Å². The van der Waals surface area contributed by atoms with Crippen molar-refractivity contribution in [2.24, 2.45) is 0 Å². The quantitative estimate of drug-likeness (QED) is 0.182. The Bertz CT molecular complexity index is 2010. The Labute approximate surface area is 258 Å². The Morgan fingerprint density at radius 1 is 0.250 bits per heavy atom. The van der Waals surface area contributed by atoms with E-state index in [9.17, 15) is 0 Å². The highest BCUT2D eigenvalue weighted by atomic mass is 16.5. The summed E-state index contributed by atoms with van der Waals surface area (Å²) < 4.78 is 12.8. The molecule has 7 rings (SSSR count). The number of para-hydroxylation sites is 1. The zero-order chi connectivity index (χ0) is 29.6. The van der Waals surface area contributed by atoms with Crippen molar-refractivity contribution in [3.05, 3.63) is 182 Å². The van der Waals surface area contributed by atoms with Crippen LogP contribution >= 0.6 is 0 Å². The third-order valence-corrected chi connectivity index (χ3v) is 7.57. The molecule has 0 aliphatic heterocycles. The topological polar surface area (TPSA) is 18.5 Å². The maximum Gasteiger partial charge on any atom is 0.135 e. The Hall–Kier alpha value is -5.86. The molecular weight excluding hydrogens is 536 g/mol. The van der Waals surface area contributed by atoms with Crippen LogP contribution < -0.4 is 9.47 Å². The molecular formula is C42H30O2. The first kappa shape index (κ1) is 27.0. The van der Waals surface area contributed by atoms with Gasteiger partial charge in [0.2, 0.25) is 0 Å². The van der Waals surface area contributed by atoms with Gasteiger partial charge < -0.3 is 9.47 Å². The van der Waals surface area contributed by atoms with Gasteiger partial charge in [-0.3, -0.25) is 0 Å². The Kier molecular flexibility index (Phi) is 7.71. The number of hydrogen-bond donors (Lipinski definition) is 0. The number of ether oxygens (including phenoxy) is 2. The summed E-state index contributed by atoms with van der Waals surface area (Å²) in [6.45, 7) is 0. The molecule has 0 saturated carbocycles. The van der Waals surface area contributed by atoms with Gasteiger partial charge in [0.25, 0.3) is 0 Å². The highest BCUT2D eigenvalue weighted by Gasteiger charge is 2.10. The lowest BCUT2D eigenvalue weighted by atomic mass is 9.98. The summed E-state index contributed by atoms with van der Waals surface area (Å²) in [5.41, 5.74) is 9.11. The smallest absolute Gasteiger partial charge is 0.135 e. The maximum atomic E-state index is 6.46. The third kappa shape index (κ3) is 6.16. The van der Waals surface area contributed by atoms with E-state index in [1.165, 1.54) is 22.3 Å². The molecule has 0 N–H and O–H groups in total. The van der Waals surface area contributed by atoms with Crippen molar-refractivity contribution in [3.63, 3.8) is 0 Å². The highest BCUT2D eigenvalue weighted by molar-refractivity contribution is 5.77. The highest BCUT2D eigenvalue weighted by Crippen LogP contribution is 2.37. The van der Waals surface area contributed by atoms with Gasteiger partial charge in [-0.15, -0.1) is 0 Å². The third-order valence-electron chi connectivity index (χ3n) is 7.57. The first-order valence-corrected chi connectivity index (χ1v) is 14.8. The van der Waals surface area contributed by atoms with Crippen molar-refractivity contribution in [1.29, 1.82) is 0 Å². The van der Waals surface area contributed by atoms with Crippen LogP contribution in [0.5, 0.6) is 23.0 Å². The first-order valence-electron chi connectivity index (χ1n) is 14.8. The monoisotopic (exact) mass is 566 g/mol. The van der Waals surface area contributed by atoms with Crippen molar-refractivity contribution in [3.8, 4) is 67.5 Å². The molecule has 0 atom stereocenters. The molecule has 0 saturated heterocycles. The minimum atomic E-state index is 0.709. The van der Waals surface area contributed by atoms with Gasteiger partial charge in [0.1, 0.15) is 23.0 Å². The van der Waals surface area contributed by atoms with E-state index in [1.807, 2.05) is 66.7 Å². The van der Waals surface area contributed by atoms with Gasteiger partial charge in [0, 0.05) is 11.6 Å². The van der Waals surface area contributed by atoms with Gasteiger partial charge in [0.05, 0.1) is 0 Å². The molecule has 210 valence electrons. The molecule has 0 bridgehead atoms. The molecule has 44 heavy (non-hydrogen) atoms. The average molecular weight is 567 g/mol. The molecule has 0 spiro atoms. The minimum absolute atomic E-state index is 0.709. The van der Waals surface area contributed by atoms with Gasteiger partial charge >= 0.3 is 0 Å². The zero-order valence-corrected chi connectivity index (χ0v) is 24.1. The normalized spacial score (nSPS) is 10.7. The maximum absolute atomic E-state index is 6.46. The number of rotatable bonds is 8. The predicted octanol–water partition coefficient (Wildman–Crippen LogP) is 11.9. The van der Waals surface area contributed by atoms with E-state index in [-0.39, 0.29) is 0 Å². The summed E-state index contributed by atoms with van der Waals surface area (Å²) in [5, 5.41) is 0. The second-order valence-corrected chi connectivity index (χ2v) is 10.6. The van der Waals surface area contributed by atoms with Crippen LogP contribution in [-0.2, 0) is 0 Å². The summed E-state index contributed by atoms with van der Waals surface area (Å²) in [6.07, 6.45) is 0. The molecule has 0 unspecified atom stereocenters. The lowest BCUT2D eigenvalue weighted by Crippen LogP contribution is -1.90. The fourth-order valence-corrected chi connectivity index (χ4v) is 5.40. The lowest BCUT2D eigenvalue weighted by molar-refractivity contribution is 0.461. The van der Waals surface area contributed by atoms with Gasteiger partial charge in [0.15, 0.2) is 0 Å². The van der Waals surface area contributed by atoms with Crippen LogP contribution in [0.15, 0.2) is 182 Å². The van der Waals surface area contributed by atoms with Crippen molar-refractivity contribution < 1.29 is 9.47 Å². The van der Waals surface area contributed by atoms with E-state index in [1.54, 1.807) is 0 Å². The number of hydrogen-bond acceptors (Lipinski definition) is 2. The fraction of sp³-hybridized carbons (Fsp3) is 0. The van der Waals surface area contributed by atoms with E-state index in [0.29, 0.717) is 11.5 Å². The molecule has 0 aliphatic carbocycles. The Balaban J connectivity index is 1.12. The van der Waals surface area contributed by atoms with Crippen molar-refractivity contribution in [2.75, 3.05) is 0 Å². The van der Waals surface area contributed by atoms with Crippen molar-refractivity contribution in [1.82, 2.24) is 0 Å². The van der Waals surface area contributed by atoms with E-state index in [0.717, 1.165) is 33.8 Å². The largest absolute Gasteiger partial charge is 0.457 e. The molecule has 0 aliphatic rings. The van der Waals surface area contributed by atoms with Gasteiger partial charge in [-0.05, 0) is 81.4 Å². The van der Waals surface area contributed by atoms with Crippen LogP contribution in [0.2, 0.25) is 0 Å². The molecule has 0 amide bonds. The summed E-state index contributed by atoms with van der Waals surface area (Å²) >= 11 is 0. The summed E-state index contributed by atoms with van der Waals surface area (Å²) in [6, 6.07) is 62.1. The predicted molar refractivity (Wildman–Crippen MR) is 181 cm³/mol. The summed E-state index contributed by atoms with van der Waals surface area (Å²) in [5.74, 6) is 2.97. The molecule has 0 aromatic heterocycles. The lowest BCUT2D eigenvalue weighted by Gasteiger charge is -2.14. The van der Waals surface area contributed by atoms with Crippen LogP contribution in [-0.4, -0.2) is 0 Å². The molecule has 0 fully saturated rings. The molecule has 7 aromatic carbocycles. The van der Waals surface area contributed by atoms with Crippen molar-refractivity contribution >= 4 is 0 Å². The summed E-state index contributed by atoms with van der Waals surface area (Å²) in [7, 11) is 0. The van der Waals surface area contributed by atoms with Crippen LogP contribution in [0.4, 0.5) is 0 Å². The molecule has 0 heterocycles. The van der Waals surface area contributed by atoms with E-state index in [2.05, 4.69) is 115 Å². The van der Waals surface area contributed by atoms with Gasteiger partial charge in [-0.1, -0.05) is 133 Å². The first-order chi connectivity index (χ1) is 21.8. The fourth-order valence-electron chi connectivity index (χ4n) is 5.40. The van der Waals surface area contributed by atoms with Gasteiger partial charge in [-0.25, -0.2) is 0 Å². The second-order valence-electron chi connectivity index (χ2n) is 10.6. The zero-order valence-electron chi connectivity index (χ0n) is 24.1. The summed E-state index contributed by atoms with van der Waals surface area (Å²) in [4.78, 5) is 0. The standard InChI is InChI=1S/C42H30O2/c1-3-13-31(14-4-1)33-17-9-19-35(27-33)36-20-11-22-38(29-36)43-39-23-12-24-40(30-39)44-42-26-8-7-25-41(42)37-21-10-18-34(28-37)32-15-5-2-6-16-32/h1-30H. The Morgan fingerprint density at radius 3 is 1.32 bits per heavy atom. The molecule has 0 radical (unpaired) electrons. The SMILES string of the molecule is c1ccc(-c2cccc(-c3cccc(Oc4cccc(Oc5ccccc5-c5cccc(-c6ccccc6)c5)c4)c3)c2)cc1. The molecule has 2 heteroatoms. The van der Waals surface area contributed by atoms with Gasteiger partial charge in [-0.2, -0.15) is 0 Å². The van der Waals surface area contributed by atoms with Crippen LogP contribution in [0.3, 0.4) is 0 Å². The average Bonchev–Trinajstić information content (AvgIpc) is 3.10. The van der Waals surface area contributed by atoms with Crippen LogP contribution in [0.25, 0.3) is 44.5 Å². The minimum Gasteiger partial charge on any atom is -0.457 e. The Morgan fingerprint density at radius 2 is 0.659 bits per heavy atom. The number of benzene rings is 7. The van der Waals surface area contributed by atoms with Crippen LogP contribution in [0.1, 0.15) is 0 Å². The second kappa shape index (κ2) is 12.6. The molecule has 7 aromatic rings. The molecule has 2 nitrogen and oxygen atoms in total. The van der Waals surface area contributed by atoms with E-state index >= 15 is 0 Å².